The summed E-state index contributed by atoms with van der Waals surface area (Å²) in [6.45, 7) is 0. The van der Waals surface area contributed by atoms with Crippen molar-refractivity contribution in [2.75, 3.05) is 24.8 Å². The summed E-state index contributed by atoms with van der Waals surface area (Å²) >= 11 is 0. The minimum Gasteiger partial charge on any atom is -0.490 e. The molecule has 0 amide bonds. The van der Waals surface area contributed by atoms with Crippen molar-refractivity contribution in [2.24, 2.45) is 0 Å². The van der Waals surface area contributed by atoms with Crippen molar-refractivity contribution in [1.82, 2.24) is 9.97 Å². The zero-order valence-corrected chi connectivity index (χ0v) is 10.7. The standard InChI is InChI=1S/C12H11F3N4O/c1-16-11-10(20-2)12(18-5-17-11)19-6-3-7(13)9(15)8(14)4-6/h3-5H,1-2H3,(H2,16,17,18,19). The Kier molecular flexibility index (Phi) is 3.92. The first-order valence-corrected chi connectivity index (χ1v) is 5.55. The Hall–Kier alpha value is -2.51. The number of aromatic nitrogens is 2. The number of rotatable bonds is 4. The van der Waals surface area contributed by atoms with E-state index in [1.165, 1.54) is 13.4 Å². The summed E-state index contributed by atoms with van der Waals surface area (Å²) in [7, 11) is 3.03. The van der Waals surface area contributed by atoms with Crippen molar-refractivity contribution in [3.8, 4) is 5.75 Å². The fraction of sp³-hybridized carbons (Fsp3) is 0.167. The Labute approximate surface area is 112 Å². The predicted molar refractivity (Wildman–Crippen MR) is 67.7 cm³/mol. The summed E-state index contributed by atoms with van der Waals surface area (Å²) in [6, 6.07) is 1.64. The lowest BCUT2D eigenvalue weighted by molar-refractivity contribution is 0.415. The van der Waals surface area contributed by atoms with Gasteiger partial charge in [0.1, 0.15) is 6.33 Å². The SMILES string of the molecule is CNc1ncnc(Nc2cc(F)c(F)c(F)c2)c1OC. The van der Waals surface area contributed by atoms with E-state index in [4.69, 9.17) is 4.74 Å². The highest BCUT2D eigenvalue weighted by Crippen LogP contribution is 2.31. The molecule has 106 valence electrons. The summed E-state index contributed by atoms with van der Waals surface area (Å²) in [5, 5.41) is 5.42. The van der Waals surface area contributed by atoms with Crippen molar-refractivity contribution in [3.63, 3.8) is 0 Å². The molecule has 0 aliphatic carbocycles. The zero-order chi connectivity index (χ0) is 14.7. The quantitative estimate of drug-likeness (QED) is 0.845. The van der Waals surface area contributed by atoms with Gasteiger partial charge >= 0.3 is 0 Å². The summed E-state index contributed by atoms with van der Waals surface area (Å²) in [6.07, 6.45) is 1.24. The van der Waals surface area contributed by atoms with E-state index >= 15 is 0 Å². The predicted octanol–water partition coefficient (Wildman–Crippen LogP) is 2.69. The number of anilines is 3. The van der Waals surface area contributed by atoms with Crippen LogP contribution in [-0.4, -0.2) is 24.1 Å². The molecule has 0 fully saturated rings. The molecular weight excluding hydrogens is 273 g/mol. The van der Waals surface area contributed by atoms with Gasteiger partial charge in [0.05, 0.1) is 7.11 Å². The molecule has 0 saturated heterocycles. The van der Waals surface area contributed by atoms with Crippen LogP contribution in [0.1, 0.15) is 0 Å². The lowest BCUT2D eigenvalue weighted by Gasteiger charge is -2.12. The van der Waals surface area contributed by atoms with Crippen LogP contribution >= 0.6 is 0 Å². The van der Waals surface area contributed by atoms with Crippen molar-refractivity contribution in [1.29, 1.82) is 0 Å². The Bertz CT molecular complexity index is 613. The van der Waals surface area contributed by atoms with Crippen molar-refractivity contribution < 1.29 is 17.9 Å². The van der Waals surface area contributed by atoms with E-state index in [0.717, 1.165) is 12.1 Å². The summed E-state index contributed by atoms with van der Waals surface area (Å²) < 4.78 is 44.3. The Morgan fingerprint density at radius 2 is 1.65 bits per heavy atom. The molecule has 20 heavy (non-hydrogen) atoms. The fourth-order valence-electron chi connectivity index (χ4n) is 1.60. The molecule has 8 heteroatoms. The van der Waals surface area contributed by atoms with Gasteiger partial charge in [-0.05, 0) is 0 Å². The second kappa shape index (κ2) is 5.64. The molecule has 2 aromatic rings. The molecule has 0 aliphatic heterocycles. The minimum atomic E-state index is -1.53. The maximum Gasteiger partial charge on any atom is 0.204 e. The first-order chi connectivity index (χ1) is 9.56. The third-order valence-electron chi connectivity index (χ3n) is 2.49. The van der Waals surface area contributed by atoms with Crippen LogP contribution in [0.15, 0.2) is 18.5 Å². The van der Waals surface area contributed by atoms with Gasteiger partial charge in [-0.15, -0.1) is 0 Å². The molecule has 0 radical (unpaired) electrons. The molecule has 1 aromatic carbocycles. The van der Waals surface area contributed by atoms with Crippen molar-refractivity contribution in [3.05, 3.63) is 35.9 Å². The van der Waals surface area contributed by atoms with Gasteiger partial charge in [-0.3, -0.25) is 0 Å². The number of hydrogen-bond donors (Lipinski definition) is 2. The van der Waals surface area contributed by atoms with Gasteiger partial charge in [-0.1, -0.05) is 0 Å². The van der Waals surface area contributed by atoms with Gasteiger partial charge in [0.2, 0.25) is 5.75 Å². The van der Waals surface area contributed by atoms with Gasteiger partial charge in [0.25, 0.3) is 0 Å². The molecule has 1 aromatic heterocycles. The van der Waals surface area contributed by atoms with E-state index in [0.29, 0.717) is 5.82 Å². The van der Waals surface area contributed by atoms with E-state index in [2.05, 4.69) is 20.6 Å². The lowest BCUT2D eigenvalue weighted by atomic mass is 10.3. The van der Waals surface area contributed by atoms with Crippen LogP contribution < -0.4 is 15.4 Å². The number of nitrogens with zero attached hydrogens (tertiary/aromatic N) is 2. The molecule has 0 atom stereocenters. The van der Waals surface area contributed by atoms with Gasteiger partial charge < -0.3 is 15.4 Å². The number of ether oxygens (including phenoxy) is 1. The van der Waals surface area contributed by atoms with Crippen LogP contribution in [0.3, 0.4) is 0 Å². The number of halogens is 3. The molecule has 0 unspecified atom stereocenters. The van der Waals surface area contributed by atoms with Crippen LogP contribution in [0.2, 0.25) is 0 Å². The second-order valence-electron chi connectivity index (χ2n) is 3.73. The van der Waals surface area contributed by atoms with E-state index in [1.807, 2.05) is 0 Å². The number of nitrogens with one attached hydrogen (secondary N) is 2. The fourth-order valence-corrected chi connectivity index (χ4v) is 1.60. The average Bonchev–Trinajstić information content (AvgIpc) is 2.44. The zero-order valence-electron chi connectivity index (χ0n) is 10.7. The van der Waals surface area contributed by atoms with Crippen LogP contribution in [0, 0.1) is 17.5 Å². The molecular formula is C12H11F3N4O. The first-order valence-electron chi connectivity index (χ1n) is 5.55. The van der Waals surface area contributed by atoms with Crippen LogP contribution in [-0.2, 0) is 0 Å². The maximum absolute atomic E-state index is 13.1. The summed E-state index contributed by atoms with van der Waals surface area (Å²) in [5.74, 6) is -3.27. The van der Waals surface area contributed by atoms with Crippen LogP contribution in [0.5, 0.6) is 5.75 Å². The van der Waals surface area contributed by atoms with E-state index < -0.39 is 17.5 Å². The Morgan fingerprint density at radius 3 is 2.20 bits per heavy atom. The molecule has 0 spiro atoms. The van der Waals surface area contributed by atoms with Gasteiger partial charge in [0.15, 0.2) is 29.1 Å². The highest BCUT2D eigenvalue weighted by molar-refractivity contribution is 5.69. The lowest BCUT2D eigenvalue weighted by Crippen LogP contribution is -2.04. The highest BCUT2D eigenvalue weighted by Gasteiger charge is 2.14. The third-order valence-corrected chi connectivity index (χ3v) is 2.49. The van der Waals surface area contributed by atoms with E-state index in [1.54, 1.807) is 7.05 Å². The highest BCUT2D eigenvalue weighted by atomic mass is 19.2. The molecule has 1 heterocycles. The van der Waals surface area contributed by atoms with Gasteiger partial charge in [-0.2, -0.15) is 0 Å². The van der Waals surface area contributed by atoms with Crippen LogP contribution in [0.4, 0.5) is 30.5 Å². The van der Waals surface area contributed by atoms with Gasteiger partial charge in [-0.25, -0.2) is 23.1 Å². The first kappa shape index (κ1) is 13.9. The largest absolute Gasteiger partial charge is 0.490 e. The Morgan fingerprint density at radius 1 is 1.05 bits per heavy atom. The number of methoxy groups -OCH3 is 1. The third kappa shape index (κ3) is 2.58. The van der Waals surface area contributed by atoms with E-state index in [-0.39, 0.29) is 17.3 Å². The smallest absolute Gasteiger partial charge is 0.204 e. The molecule has 2 rings (SSSR count). The van der Waals surface area contributed by atoms with E-state index in [9.17, 15) is 13.2 Å². The molecule has 0 saturated carbocycles. The van der Waals surface area contributed by atoms with Gasteiger partial charge in [0, 0.05) is 24.9 Å². The molecule has 0 aliphatic rings. The number of hydrogen-bond acceptors (Lipinski definition) is 5. The molecule has 2 N–H and O–H groups in total. The van der Waals surface area contributed by atoms with Crippen molar-refractivity contribution >= 4 is 17.3 Å². The average molecular weight is 284 g/mol. The number of benzene rings is 1. The molecule has 0 bridgehead atoms. The Balaban J connectivity index is 2.40. The minimum absolute atomic E-state index is 0.000420. The summed E-state index contributed by atoms with van der Waals surface area (Å²) in [4.78, 5) is 7.83. The maximum atomic E-state index is 13.1. The normalized spacial score (nSPS) is 10.2. The second-order valence-corrected chi connectivity index (χ2v) is 3.73. The molecule has 5 nitrogen and oxygen atoms in total. The topological polar surface area (TPSA) is 59.1 Å². The van der Waals surface area contributed by atoms with Crippen LogP contribution in [0.25, 0.3) is 0 Å². The summed E-state index contributed by atoms with van der Waals surface area (Å²) in [5.41, 5.74) is 0.000420. The van der Waals surface area contributed by atoms with Crippen molar-refractivity contribution in [2.45, 2.75) is 0 Å². The monoisotopic (exact) mass is 284 g/mol.